The minimum absolute atomic E-state index is 0.124. The zero-order chi connectivity index (χ0) is 13.1. The summed E-state index contributed by atoms with van der Waals surface area (Å²) in [5.74, 6) is 0. The number of aryl methyl sites for hydroxylation is 1. The first-order chi connectivity index (χ1) is 8.58. The highest BCUT2D eigenvalue weighted by Gasteiger charge is 2.26. The molecule has 1 N–H and O–H groups in total. The maximum atomic E-state index is 10.4. The standard InChI is InChI=1S/C15H23NO2/c1-11-4-6-14(7-5-11)15(17)13(3)16-8-9-18-12(2)10-16/h4-7,12-13,15,17H,8-10H2,1-3H3. The van der Waals surface area contributed by atoms with E-state index in [0.717, 1.165) is 25.3 Å². The van der Waals surface area contributed by atoms with Crippen LogP contribution >= 0.6 is 0 Å². The van der Waals surface area contributed by atoms with Gasteiger partial charge in [-0.25, -0.2) is 0 Å². The molecule has 3 atom stereocenters. The Morgan fingerprint density at radius 1 is 1.33 bits per heavy atom. The van der Waals surface area contributed by atoms with Crippen molar-refractivity contribution in [3.05, 3.63) is 35.4 Å². The van der Waals surface area contributed by atoms with Crippen LogP contribution in [0.4, 0.5) is 0 Å². The molecule has 1 heterocycles. The average molecular weight is 249 g/mol. The Hall–Kier alpha value is -0.900. The van der Waals surface area contributed by atoms with Crippen LogP contribution in [-0.2, 0) is 4.74 Å². The summed E-state index contributed by atoms with van der Waals surface area (Å²) in [6.45, 7) is 8.77. The molecule has 1 aromatic carbocycles. The molecule has 0 saturated carbocycles. The Labute approximate surface area is 109 Å². The largest absolute Gasteiger partial charge is 0.387 e. The molecule has 3 unspecified atom stereocenters. The third-order valence-corrected chi connectivity index (χ3v) is 3.72. The molecule has 0 radical (unpaired) electrons. The first kappa shape index (κ1) is 13.5. The minimum atomic E-state index is -0.434. The highest BCUT2D eigenvalue weighted by Crippen LogP contribution is 2.22. The molecule has 0 aromatic heterocycles. The van der Waals surface area contributed by atoms with Crippen LogP contribution in [0, 0.1) is 6.92 Å². The number of nitrogens with zero attached hydrogens (tertiary/aromatic N) is 1. The number of rotatable bonds is 3. The summed E-state index contributed by atoms with van der Waals surface area (Å²) in [5.41, 5.74) is 2.21. The smallest absolute Gasteiger partial charge is 0.0942 e. The molecule has 1 aromatic rings. The Morgan fingerprint density at radius 2 is 2.00 bits per heavy atom. The first-order valence-corrected chi connectivity index (χ1v) is 6.68. The highest BCUT2D eigenvalue weighted by atomic mass is 16.5. The Bertz CT molecular complexity index is 377. The van der Waals surface area contributed by atoms with Crippen molar-refractivity contribution in [3.63, 3.8) is 0 Å². The van der Waals surface area contributed by atoms with Crippen molar-refractivity contribution < 1.29 is 9.84 Å². The molecule has 2 rings (SSSR count). The Balaban J connectivity index is 2.03. The van der Waals surface area contributed by atoms with E-state index in [-0.39, 0.29) is 12.1 Å². The van der Waals surface area contributed by atoms with Gasteiger partial charge in [0.2, 0.25) is 0 Å². The van der Waals surface area contributed by atoms with Crippen molar-refractivity contribution in [3.8, 4) is 0 Å². The second-order valence-electron chi connectivity index (χ2n) is 5.27. The fraction of sp³-hybridized carbons (Fsp3) is 0.600. The zero-order valence-electron chi connectivity index (χ0n) is 11.5. The van der Waals surface area contributed by atoms with Gasteiger partial charge in [0.25, 0.3) is 0 Å². The van der Waals surface area contributed by atoms with Gasteiger partial charge in [-0.1, -0.05) is 29.8 Å². The van der Waals surface area contributed by atoms with E-state index in [9.17, 15) is 5.11 Å². The maximum Gasteiger partial charge on any atom is 0.0942 e. The van der Waals surface area contributed by atoms with Crippen LogP contribution in [0.1, 0.15) is 31.1 Å². The predicted octanol–water partition coefficient (Wildman–Crippen LogP) is 2.14. The summed E-state index contributed by atoms with van der Waals surface area (Å²) in [5, 5.41) is 10.4. The maximum absolute atomic E-state index is 10.4. The van der Waals surface area contributed by atoms with E-state index in [1.54, 1.807) is 0 Å². The lowest BCUT2D eigenvalue weighted by molar-refractivity contribution is -0.0541. The highest BCUT2D eigenvalue weighted by molar-refractivity contribution is 5.24. The fourth-order valence-electron chi connectivity index (χ4n) is 2.46. The third kappa shape index (κ3) is 3.10. The quantitative estimate of drug-likeness (QED) is 0.891. The summed E-state index contributed by atoms with van der Waals surface area (Å²) < 4.78 is 5.54. The fourth-order valence-corrected chi connectivity index (χ4v) is 2.46. The molecule has 1 fully saturated rings. The number of benzene rings is 1. The Morgan fingerprint density at radius 3 is 2.61 bits per heavy atom. The molecular weight excluding hydrogens is 226 g/mol. The van der Waals surface area contributed by atoms with Crippen molar-refractivity contribution in [1.82, 2.24) is 4.90 Å². The summed E-state index contributed by atoms with van der Waals surface area (Å²) in [6, 6.07) is 8.25. The molecular formula is C15H23NO2. The van der Waals surface area contributed by atoms with Gasteiger partial charge in [0.05, 0.1) is 18.8 Å². The lowest BCUT2D eigenvalue weighted by Crippen LogP contribution is -2.47. The van der Waals surface area contributed by atoms with Crippen LogP contribution in [0.25, 0.3) is 0 Å². The number of aliphatic hydroxyl groups is 1. The molecule has 100 valence electrons. The molecule has 18 heavy (non-hydrogen) atoms. The molecule has 1 saturated heterocycles. The molecule has 0 spiro atoms. The van der Waals surface area contributed by atoms with Gasteiger partial charge < -0.3 is 9.84 Å². The van der Waals surface area contributed by atoms with Crippen molar-refractivity contribution in [2.45, 2.75) is 39.0 Å². The van der Waals surface area contributed by atoms with E-state index >= 15 is 0 Å². The van der Waals surface area contributed by atoms with Gasteiger partial charge in [-0.05, 0) is 26.3 Å². The van der Waals surface area contributed by atoms with E-state index in [1.165, 1.54) is 5.56 Å². The summed E-state index contributed by atoms with van der Waals surface area (Å²) >= 11 is 0. The second kappa shape index (κ2) is 5.83. The van der Waals surface area contributed by atoms with Crippen molar-refractivity contribution in [1.29, 1.82) is 0 Å². The van der Waals surface area contributed by atoms with E-state index in [1.807, 2.05) is 24.3 Å². The van der Waals surface area contributed by atoms with E-state index in [4.69, 9.17) is 4.74 Å². The molecule has 0 aliphatic carbocycles. The van der Waals surface area contributed by atoms with E-state index < -0.39 is 6.10 Å². The monoisotopic (exact) mass is 249 g/mol. The lowest BCUT2D eigenvalue weighted by Gasteiger charge is -2.37. The number of hydrogen-bond acceptors (Lipinski definition) is 3. The van der Waals surface area contributed by atoms with Crippen LogP contribution in [0.2, 0.25) is 0 Å². The first-order valence-electron chi connectivity index (χ1n) is 6.68. The van der Waals surface area contributed by atoms with Gasteiger partial charge in [-0.3, -0.25) is 4.90 Å². The van der Waals surface area contributed by atoms with Crippen molar-refractivity contribution in [2.75, 3.05) is 19.7 Å². The summed E-state index contributed by atoms with van der Waals surface area (Å²) in [7, 11) is 0. The van der Waals surface area contributed by atoms with Crippen molar-refractivity contribution in [2.24, 2.45) is 0 Å². The SMILES string of the molecule is Cc1ccc(C(O)C(C)N2CCOC(C)C2)cc1. The van der Waals surface area contributed by atoms with Gasteiger partial charge in [0.15, 0.2) is 0 Å². The number of ether oxygens (including phenoxy) is 1. The normalized spacial score (nSPS) is 24.8. The molecule has 0 bridgehead atoms. The number of morpholine rings is 1. The molecule has 3 nitrogen and oxygen atoms in total. The summed E-state index contributed by atoms with van der Waals surface area (Å²) in [4.78, 5) is 2.30. The van der Waals surface area contributed by atoms with Crippen LogP contribution in [0.5, 0.6) is 0 Å². The van der Waals surface area contributed by atoms with E-state index in [0.29, 0.717) is 0 Å². The number of aliphatic hydroxyl groups excluding tert-OH is 1. The van der Waals surface area contributed by atoms with Crippen LogP contribution in [-0.4, -0.2) is 41.8 Å². The van der Waals surface area contributed by atoms with Crippen LogP contribution in [0.3, 0.4) is 0 Å². The van der Waals surface area contributed by atoms with Gasteiger partial charge in [-0.15, -0.1) is 0 Å². The zero-order valence-corrected chi connectivity index (χ0v) is 11.5. The lowest BCUT2D eigenvalue weighted by atomic mass is 10.0. The minimum Gasteiger partial charge on any atom is -0.387 e. The van der Waals surface area contributed by atoms with Gasteiger partial charge in [0.1, 0.15) is 0 Å². The molecule has 1 aliphatic rings. The molecule has 3 heteroatoms. The van der Waals surface area contributed by atoms with Gasteiger partial charge >= 0.3 is 0 Å². The second-order valence-corrected chi connectivity index (χ2v) is 5.27. The topological polar surface area (TPSA) is 32.7 Å². The van der Waals surface area contributed by atoms with Gasteiger partial charge in [0, 0.05) is 19.1 Å². The molecule has 0 amide bonds. The predicted molar refractivity (Wildman–Crippen MR) is 72.6 cm³/mol. The molecule has 1 aliphatic heterocycles. The summed E-state index contributed by atoms with van der Waals surface area (Å²) in [6.07, 6.45) is -0.178. The van der Waals surface area contributed by atoms with Gasteiger partial charge in [-0.2, -0.15) is 0 Å². The van der Waals surface area contributed by atoms with E-state index in [2.05, 4.69) is 25.7 Å². The van der Waals surface area contributed by atoms with Crippen molar-refractivity contribution >= 4 is 0 Å². The van der Waals surface area contributed by atoms with Crippen LogP contribution in [0.15, 0.2) is 24.3 Å². The third-order valence-electron chi connectivity index (χ3n) is 3.72. The number of hydrogen-bond donors (Lipinski definition) is 1. The van der Waals surface area contributed by atoms with Crippen LogP contribution < -0.4 is 0 Å². The average Bonchev–Trinajstić information content (AvgIpc) is 2.38. The Kier molecular flexibility index (Phi) is 4.38.